The molecule has 0 aromatic carbocycles. The maximum absolute atomic E-state index is 13.0. The number of thiophene rings is 1. The average molecular weight is 444 g/mol. The normalized spacial score (nSPS) is 17.6. The lowest BCUT2D eigenvalue weighted by Gasteiger charge is -2.33. The molecule has 0 N–H and O–H groups in total. The number of aromatic nitrogens is 2. The van der Waals surface area contributed by atoms with E-state index in [1.54, 1.807) is 28.6 Å². The zero-order valence-corrected chi connectivity index (χ0v) is 16.0. The molecule has 0 aliphatic carbocycles. The van der Waals surface area contributed by atoms with E-state index in [0.717, 1.165) is 21.3 Å². The van der Waals surface area contributed by atoms with Crippen LogP contribution >= 0.6 is 27.3 Å². The van der Waals surface area contributed by atoms with Gasteiger partial charge in [0.15, 0.2) is 5.69 Å². The van der Waals surface area contributed by atoms with Gasteiger partial charge in [-0.3, -0.25) is 4.79 Å². The number of nitrogens with zero attached hydrogens (tertiary/aromatic N) is 3. The van der Waals surface area contributed by atoms with Gasteiger partial charge in [0.2, 0.25) is 0 Å². The van der Waals surface area contributed by atoms with Crippen LogP contribution in [0.25, 0.3) is 5.52 Å². The fraction of sp³-hybridized carbons (Fsp3) is 0.294. The van der Waals surface area contributed by atoms with Crippen LogP contribution in [0.4, 0.5) is 13.2 Å². The summed E-state index contributed by atoms with van der Waals surface area (Å²) < 4.78 is 41.4. The first-order valence-electron chi connectivity index (χ1n) is 7.90. The number of halogens is 4. The Morgan fingerprint density at radius 2 is 2.12 bits per heavy atom. The number of pyridine rings is 1. The van der Waals surface area contributed by atoms with Crippen molar-refractivity contribution in [1.29, 1.82) is 0 Å². The fourth-order valence-corrected chi connectivity index (χ4v) is 4.64. The second-order valence-electron chi connectivity index (χ2n) is 6.16. The Hall–Kier alpha value is -1.87. The van der Waals surface area contributed by atoms with Crippen molar-refractivity contribution in [2.75, 3.05) is 6.54 Å². The average Bonchev–Trinajstić information content (AvgIpc) is 3.18. The van der Waals surface area contributed by atoms with E-state index in [9.17, 15) is 18.0 Å². The van der Waals surface area contributed by atoms with Crippen molar-refractivity contribution in [2.24, 2.45) is 0 Å². The molecular weight excluding hydrogens is 431 g/mol. The third-order valence-electron chi connectivity index (χ3n) is 4.52. The minimum atomic E-state index is -4.36. The van der Waals surface area contributed by atoms with E-state index >= 15 is 0 Å². The van der Waals surface area contributed by atoms with Gasteiger partial charge in [-0.2, -0.15) is 18.3 Å². The van der Waals surface area contributed by atoms with Crippen molar-refractivity contribution in [3.8, 4) is 0 Å². The SMILES string of the molecule is CC1c2cc(C(F)(F)F)sc2CCN1C(=O)c1cc2ccc(Br)cn2n1. The van der Waals surface area contributed by atoms with Gasteiger partial charge in [0, 0.05) is 22.1 Å². The summed E-state index contributed by atoms with van der Waals surface area (Å²) in [5, 5.41) is 4.30. The number of alkyl halides is 3. The van der Waals surface area contributed by atoms with Crippen molar-refractivity contribution >= 4 is 38.7 Å². The monoisotopic (exact) mass is 443 g/mol. The third-order valence-corrected chi connectivity index (χ3v) is 6.25. The smallest absolute Gasteiger partial charge is 0.330 e. The number of hydrogen-bond acceptors (Lipinski definition) is 3. The highest BCUT2D eigenvalue weighted by atomic mass is 79.9. The zero-order chi connectivity index (χ0) is 18.6. The second kappa shape index (κ2) is 6.09. The van der Waals surface area contributed by atoms with Gasteiger partial charge in [-0.15, -0.1) is 11.3 Å². The summed E-state index contributed by atoms with van der Waals surface area (Å²) in [7, 11) is 0. The second-order valence-corrected chi connectivity index (χ2v) is 8.21. The number of fused-ring (bicyclic) bond motifs is 2. The number of amides is 1. The molecule has 9 heteroatoms. The van der Waals surface area contributed by atoms with Gasteiger partial charge in [-0.1, -0.05) is 0 Å². The summed E-state index contributed by atoms with van der Waals surface area (Å²) in [6, 6.07) is 6.12. The van der Waals surface area contributed by atoms with E-state index in [1.165, 1.54) is 6.07 Å². The summed E-state index contributed by atoms with van der Waals surface area (Å²) in [5.74, 6) is -0.275. The largest absolute Gasteiger partial charge is 0.425 e. The molecule has 0 bridgehead atoms. The molecule has 4 rings (SSSR count). The van der Waals surface area contributed by atoms with E-state index < -0.39 is 17.1 Å². The summed E-state index contributed by atoms with van der Waals surface area (Å²) in [4.78, 5) is 14.6. The summed E-state index contributed by atoms with van der Waals surface area (Å²) in [6.45, 7) is 2.14. The molecule has 26 heavy (non-hydrogen) atoms. The van der Waals surface area contributed by atoms with E-state index in [1.807, 2.05) is 12.1 Å². The molecule has 4 heterocycles. The predicted octanol–water partition coefficient (Wildman–Crippen LogP) is 4.94. The Kier molecular flexibility index (Phi) is 4.11. The minimum Gasteiger partial charge on any atom is -0.330 e. The van der Waals surface area contributed by atoms with E-state index in [0.29, 0.717) is 23.4 Å². The van der Waals surface area contributed by atoms with E-state index in [2.05, 4.69) is 21.0 Å². The maximum atomic E-state index is 13.0. The van der Waals surface area contributed by atoms with Crippen LogP contribution in [0.15, 0.2) is 34.9 Å². The van der Waals surface area contributed by atoms with Crippen LogP contribution in [-0.4, -0.2) is 27.0 Å². The molecule has 0 radical (unpaired) electrons. The lowest BCUT2D eigenvalue weighted by Crippen LogP contribution is -2.38. The number of carbonyl (C=O) groups excluding carboxylic acids is 1. The first-order valence-corrected chi connectivity index (χ1v) is 9.50. The molecule has 3 aromatic rings. The van der Waals surface area contributed by atoms with Crippen LogP contribution in [0.2, 0.25) is 0 Å². The standard InChI is InChI=1S/C17H13BrF3N3OS/c1-9-12-7-15(17(19,20)21)26-14(12)4-5-23(9)16(25)13-6-11-3-2-10(18)8-24(11)22-13/h2-3,6-9H,4-5H2,1H3. The Morgan fingerprint density at radius 1 is 1.35 bits per heavy atom. The molecular formula is C17H13BrF3N3OS. The Labute approximate surface area is 159 Å². The first kappa shape index (κ1) is 17.5. The summed E-state index contributed by atoms with van der Waals surface area (Å²) in [6.07, 6.45) is -2.19. The van der Waals surface area contributed by atoms with Gasteiger partial charge in [0.05, 0.1) is 11.6 Å². The molecule has 1 amide bonds. The molecule has 0 spiro atoms. The van der Waals surface area contributed by atoms with Crippen LogP contribution in [0.5, 0.6) is 0 Å². The molecule has 3 aromatic heterocycles. The van der Waals surface area contributed by atoms with Gasteiger partial charge in [-0.05, 0) is 59.1 Å². The lowest BCUT2D eigenvalue weighted by atomic mass is 10.0. The zero-order valence-electron chi connectivity index (χ0n) is 13.5. The van der Waals surface area contributed by atoms with Gasteiger partial charge in [-0.25, -0.2) is 4.52 Å². The van der Waals surface area contributed by atoms with Crippen molar-refractivity contribution in [1.82, 2.24) is 14.5 Å². The minimum absolute atomic E-state index is 0.275. The molecule has 4 nitrogen and oxygen atoms in total. The Balaban J connectivity index is 1.65. The van der Waals surface area contributed by atoms with Crippen LogP contribution in [-0.2, 0) is 12.6 Å². The fourth-order valence-electron chi connectivity index (χ4n) is 3.21. The highest BCUT2D eigenvalue weighted by Crippen LogP contribution is 2.42. The third kappa shape index (κ3) is 2.92. The van der Waals surface area contributed by atoms with Crippen molar-refractivity contribution < 1.29 is 18.0 Å². The quantitative estimate of drug-likeness (QED) is 0.534. The predicted molar refractivity (Wildman–Crippen MR) is 95.4 cm³/mol. The van der Waals surface area contributed by atoms with Crippen molar-refractivity contribution in [3.05, 3.63) is 55.9 Å². The molecule has 0 fully saturated rings. The topological polar surface area (TPSA) is 37.6 Å². The summed E-state index contributed by atoms with van der Waals surface area (Å²) >= 11 is 4.13. The molecule has 1 aliphatic rings. The maximum Gasteiger partial charge on any atom is 0.425 e. The van der Waals surface area contributed by atoms with Gasteiger partial charge >= 0.3 is 6.18 Å². The molecule has 1 atom stereocenters. The highest BCUT2D eigenvalue weighted by Gasteiger charge is 2.37. The van der Waals surface area contributed by atoms with Crippen molar-refractivity contribution in [2.45, 2.75) is 25.6 Å². The molecule has 136 valence electrons. The lowest BCUT2D eigenvalue weighted by molar-refractivity contribution is -0.134. The molecule has 0 saturated heterocycles. The van der Waals surface area contributed by atoms with Crippen LogP contribution in [0.3, 0.4) is 0 Å². The van der Waals surface area contributed by atoms with Gasteiger partial charge in [0.25, 0.3) is 5.91 Å². The highest BCUT2D eigenvalue weighted by molar-refractivity contribution is 9.10. The van der Waals surface area contributed by atoms with Crippen molar-refractivity contribution in [3.63, 3.8) is 0 Å². The number of rotatable bonds is 1. The first-order chi connectivity index (χ1) is 12.2. The Morgan fingerprint density at radius 3 is 2.85 bits per heavy atom. The summed E-state index contributed by atoms with van der Waals surface area (Å²) in [5.41, 5.74) is 1.63. The van der Waals surface area contributed by atoms with Crippen LogP contribution in [0, 0.1) is 0 Å². The van der Waals surface area contributed by atoms with E-state index in [4.69, 9.17) is 0 Å². The van der Waals surface area contributed by atoms with E-state index in [-0.39, 0.29) is 11.6 Å². The number of hydrogen-bond donors (Lipinski definition) is 0. The van der Waals surface area contributed by atoms with Gasteiger partial charge in [0.1, 0.15) is 4.88 Å². The molecule has 0 saturated carbocycles. The van der Waals surface area contributed by atoms with Gasteiger partial charge < -0.3 is 4.90 Å². The van der Waals surface area contributed by atoms with Crippen LogP contribution < -0.4 is 0 Å². The van der Waals surface area contributed by atoms with Crippen LogP contribution in [0.1, 0.15) is 38.8 Å². The number of carbonyl (C=O) groups is 1. The molecule has 1 aliphatic heterocycles. The Bertz CT molecular complexity index is 1010. The molecule has 1 unspecified atom stereocenters.